The third-order valence-corrected chi connectivity index (χ3v) is 3.39. The fourth-order valence-electron chi connectivity index (χ4n) is 2.43. The van der Waals surface area contributed by atoms with Crippen molar-refractivity contribution in [2.45, 2.75) is 44.8 Å². The van der Waals surface area contributed by atoms with Gasteiger partial charge in [-0.15, -0.1) is 0 Å². The minimum Gasteiger partial charge on any atom is -0.468 e. The Labute approximate surface area is 91.2 Å². The van der Waals surface area contributed by atoms with Crippen LogP contribution in [0.1, 0.15) is 37.0 Å². The second-order valence-electron chi connectivity index (χ2n) is 4.43. The molecule has 0 bridgehead atoms. The first-order chi connectivity index (χ1) is 7.31. The molecule has 1 fully saturated rings. The highest BCUT2D eigenvalue weighted by molar-refractivity contribution is 5.16. The molecule has 3 heteroatoms. The first kappa shape index (κ1) is 10.7. The van der Waals surface area contributed by atoms with Gasteiger partial charge in [0.1, 0.15) is 5.76 Å². The lowest BCUT2D eigenvalue weighted by Gasteiger charge is -2.23. The van der Waals surface area contributed by atoms with E-state index in [2.05, 4.69) is 11.9 Å². The van der Waals surface area contributed by atoms with Crippen molar-refractivity contribution >= 4 is 0 Å². The maximum atomic E-state index is 5.61. The molecule has 2 rings (SSSR count). The lowest BCUT2D eigenvalue weighted by atomic mass is 10.2. The van der Waals surface area contributed by atoms with Gasteiger partial charge < -0.3 is 10.2 Å². The van der Waals surface area contributed by atoms with Crippen molar-refractivity contribution in [3.63, 3.8) is 0 Å². The van der Waals surface area contributed by atoms with Gasteiger partial charge in [0.15, 0.2) is 0 Å². The Kier molecular flexibility index (Phi) is 3.44. The summed E-state index contributed by atoms with van der Waals surface area (Å²) in [4.78, 5) is 2.43. The molecule has 1 aromatic rings. The van der Waals surface area contributed by atoms with E-state index in [1.807, 2.05) is 6.07 Å². The Hall–Kier alpha value is -0.800. The standard InChI is InChI=1S/C12H20N2O/c1-14(11-4-2-3-5-11)9-10-6-7-15-12(10)8-13/h6-7,11H,2-5,8-9,13H2,1H3. The summed E-state index contributed by atoms with van der Waals surface area (Å²) >= 11 is 0. The van der Waals surface area contributed by atoms with Crippen LogP contribution >= 0.6 is 0 Å². The summed E-state index contributed by atoms with van der Waals surface area (Å²) in [6.45, 7) is 1.47. The Morgan fingerprint density at radius 2 is 2.20 bits per heavy atom. The molecule has 0 saturated heterocycles. The molecule has 0 aliphatic heterocycles. The quantitative estimate of drug-likeness (QED) is 0.824. The monoisotopic (exact) mass is 208 g/mol. The van der Waals surface area contributed by atoms with Crippen LogP contribution in [0.4, 0.5) is 0 Å². The largest absolute Gasteiger partial charge is 0.468 e. The van der Waals surface area contributed by atoms with Crippen molar-refractivity contribution in [2.24, 2.45) is 5.73 Å². The number of hydrogen-bond acceptors (Lipinski definition) is 3. The van der Waals surface area contributed by atoms with Crippen molar-refractivity contribution in [3.8, 4) is 0 Å². The average molecular weight is 208 g/mol. The Morgan fingerprint density at radius 1 is 1.47 bits per heavy atom. The molecule has 0 unspecified atom stereocenters. The molecule has 84 valence electrons. The number of furan rings is 1. The zero-order valence-corrected chi connectivity index (χ0v) is 9.41. The van der Waals surface area contributed by atoms with Crippen LogP contribution in [0.5, 0.6) is 0 Å². The highest BCUT2D eigenvalue weighted by Crippen LogP contribution is 2.24. The topological polar surface area (TPSA) is 42.4 Å². The summed E-state index contributed by atoms with van der Waals surface area (Å²) in [5, 5.41) is 0. The molecule has 0 atom stereocenters. The van der Waals surface area contributed by atoms with E-state index in [1.165, 1.54) is 31.2 Å². The molecule has 3 nitrogen and oxygen atoms in total. The van der Waals surface area contributed by atoms with Crippen molar-refractivity contribution in [1.29, 1.82) is 0 Å². The normalized spacial score (nSPS) is 17.8. The maximum Gasteiger partial charge on any atom is 0.121 e. The van der Waals surface area contributed by atoms with Gasteiger partial charge >= 0.3 is 0 Å². The Bertz CT molecular complexity index is 302. The molecule has 0 spiro atoms. The van der Waals surface area contributed by atoms with Crippen LogP contribution in [0.15, 0.2) is 16.7 Å². The minimum atomic E-state index is 0.501. The SMILES string of the molecule is CN(Cc1ccoc1CN)C1CCCC1. The maximum absolute atomic E-state index is 5.61. The summed E-state index contributed by atoms with van der Waals surface area (Å²) in [5.74, 6) is 0.930. The Morgan fingerprint density at radius 3 is 2.87 bits per heavy atom. The number of hydrogen-bond donors (Lipinski definition) is 1. The molecule has 0 aromatic carbocycles. The molecule has 1 aliphatic carbocycles. The number of nitrogens with two attached hydrogens (primary N) is 1. The van der Waals surface area contributed by atoms with Gasteiger partial charge in [-0.2, -0.15) is 0 Å². The summed E-state index contributed by atoms with van der Waals surface area (Å²) in [5.41, 5.74) is 6.85. The lowest BCUT2D eigenvalue weighted by molar-refractivity contribution is 0.235. The molecule has 1 heterocycles. The zero-order valence-electron chi connectivity index (χ0n) is 9.41. The lowest BCUT2D eigenvalue weighted by Crippen LogP contribution is -2.28. The van der Waals surface area contributed by atoms with E-state index in [1.54, 1.807) is 6.26 Å². The van der Waals surface area contributed by atoms with Gasteiger partial charge in [-0.25, -0.2) is 0 Å². The average Bonchev–Trinajstić information content (AvgIpc) is 2.87. The van der Waals surface area contributed by atoms with E-state index in [4.69, 9.17) is 10.2 Å². The predicted octanol–water partition coefficient (Wildman–Crippen LogP) is 2.11. The zero-order chi connectivity index (χ0) is 10.7. The predicted molar refractivity (Wildman–Crippen MR) is 60.3 cm³/mol. The summed E-state index contributed by atoms with van der Waals surface area (Å²) in [6.07, 6.45) is 7.17. The van der Waals surface area contributed by atoms with Gasteiger partial charge in [0.2, 0.25) is 0 Å². The molecule has 15 heavy (non-hydrogen) atoms. The van der Waals surface area contributed by atoms with Crippen molar-refractivity contribution in [3.05, 3.63) is 23.7 Å². The van der Waals surface area contributed by atoms with Crippen LogP contribution in [-0.2, 0) is 13.1 Å². The highest BCUT2D eigenvalue weighted by atomic mass is 16.3. The first-order valence-corrected chi connectivity index (χ1v) is 5.77. The minimum absolute atomic E-state index is 0.501. The fourth-order valence-corrected chi connectivity index (χ4v) is 2.43. The van der Waals surface area contributed by atoms with E-state index < -0.39 is 0 Å². The van der Waals surface area contributed by atoms with E-state index >= 15 is 0 Å². The van der Waals surface area contributed by atoms with Gasteiger partial charge in [-0.3, -0.25) is 4.90 Å². The molecular weight excluding hydrogens is 188 g/mol. The van der Waals surface area contributed by atoms with Gasteiger partial charge in [-0.1, -0.05) is 12.8 Å². The molecule has 1 aliphatic rings. The van der Waals surface area contributed by atoms with Crippen LogP contribution < -0.4 is 5.73 Å². The summed E-state index contributed by atoms with van der Waals surface area (Å²) in [6, 6.07) is 2.79. The number of nitrogens with zero attached hydrogens (tertiary/aromatic N) is 1. The molecule has 2 N–H and O–H groups in total. The van der Waals surface area contributed by atoms with E-state index in [0.29, 0.717) is 6.54 Å². The van der Waals surface area contributed by atoms with Crippen LogP contribution in [0.3, 0.4) is 0 Å². The first-order valence-electron chi connectivity index (χ1n) is 5.77. The highest BCUT2D eigenvalue weighted by Gasteiger charge is 2.20. The van der Waals surface area contributed by atoms with Gasteiger partial charge in [0, 0.05) is 18.2 Å². The Balaban J connectivity index is 1.95. The van der Waals surface area contributed by atoms with Crippen molar-refractivity contribution in [1.82, 2.24) is 4.90 Å². The molecule has 0 amide bonds. The van der Waals surface area contributed by atoms with E-state index in [0.717, 1.165) is 18.3 Å². The molecular formula is C12H20N2O. The smallest absolute Gasteiger partial charge is 0.121 e. The molecule has 1 aromatic heterocycles. The molecule has 0 radical (unpaired) electrons. The van der Waals surface area contributed by atoms with Gasteiger partial charge in [-0.05, 0) is 26.0 Å². The summed E-state index contributed by atoms with van der Waals surface area (Å²) < 4.78 is 5.33. The number of rotatable bonds is 4. The van der Waals surface area contributed by atoms with Gasteiger partial charge in [0.05, 0.1) is 12.8 Å². The molecule has 1 saturated carbocycles. The van der Waals surface area contributed by atoms with Gasteiger partial charge in [0.25, 0.3) is 0 Å². The fraction of sp³-hybridized carbons (Fsp3) is 0.667. The van der Waals surface area contributed by atoms with E-state index in [-0.39, 0.29) is 0 Å². The second-order valence-corrected chi connectivity index (χ2v) is 4.43. The van der Waals surface area contributed by atoms with Crippen LogP contribution in [0.2, 0.25) is 0 Å². The second kappa shape index (κ2) is 4.81. The third kappa shape index (κ3) is 2.41. The van der Waals surface area contributed by atoms with Crippen LogP contribution in [0, 0.1) is 0 Å². The van der Waals surface area contributed by atoms with Crippen molar-refractivity contribution < 1.29 is 4.42 Å². The van der Waals surface area contributed by atoms with E-state index in [9.17, 15) is 0 Å². The van der Waals surface area contributed by atoms with Crippen LogP contribution in [0.25, 0.3) is 0 Å². The summed E-state index contributed by atoms with van der Waals surface area (Å²) in [7, 11) is 2.20. The van der Waals surface area contributed by atoms with Crippen molar-refractivity contribution in [2.75, 3.05) is 7.05 Å². The third-order valence-electron chi connectivity index (χ3n) is 3.39. The van der Waals surface area contributed by atoms with Crippen LogP contribution in [-0.4, -0.2) is 18.0 Å².